The number of unbranched alkanes of at least 4 members (excludes halogenated alkanes) is 1. The van der Waals surface area contributed by atoms with Crippen molar-refractivity contribution in [3.63, 3.8) is 0 Å². The lowest BCUT2D eigenvalue weighted by molar-refractivity contribution is 0.101. The van der Waals surface area contributed by atoms with Crippen molar-refractivity contribution in [2.75, 3.05) is 5.32 Å². The first-order chi connectivity index (χ1) is 12.0. The number of anilines is 1. The molecule has 0 aliphatic carbocycles. The van der Waals surface area contributed by atoms with Gasteiger partial charge in [0.2, 0.25) is 0 Å². The second-order valence-electron chi connectivity index (χ2n) is 6.07. The van der Waals surface area contributed by atoms with Crippen LogP contribution in [0.25, 0.3) is 10.9 Å². The van der Waals surface area contributed by atoms with Crippen LogP contribution in [0.5, 0.6) is 0 Å². The third-order valence-corrected chi connectivity index (χ3v) is 4.90. The van der Waals surface area contributed by atoms with Gasteiger partial charge in [0.05, 0.1) is 10.7 Å². The van der Waals surface area contributed by atoms with Gasteiger partial charge in [0.15, 0.2) is 0 Å². The molecule has 0 saturated heterocycles. The number of aryl methyl sites for hydroxylation is 2. The Labute approximate surface area is 157 Å². The smallest absolute Gasteiger partial charge is 0.272 e. The summed E-state index contributed by atoms with van der Waals surface area (Å²) >= 11 is 12.1. The van der Waals surface area contributed by atoms with Crippen LogP contribution in [0, 0.1) is 6.92 Å². The Kier molecular flexibility index (Phi) is 5.36. The largest absolute Gasteiger partial charge is 0.336 e. The maximum Gasteiger partial charge on any atom is 0.272 e. The molecule has 0 aliphatic heterocycles. The number of para-hydroxylation sites is 1. The van der Waals surface area contributed by atoms with Gasteiger partial charge in [-0.2, -0.15) is 0 Å². The monoisotopic (exact) mass is 374 g/mol. The van der Waals surface area contributed by atoms with Crippen LogP contribution < -0.4 is 5.32 Å². The average Bonchev–Trinajstić information content (AvgIpc) is 2.88. The van der Waals surface area contributed by atoms with Gasteiger partial charge in [-0.1, -0.05) is 54.7 Å². The first-order valence-electron chi connectivity index (χ1n) is 8.37. The number of rotatable bonds is 5. The highest BCUT2D eigenvalue weighted by molar-refractivity contribution is 6.36. The third kappa shape index (κ3) is 3.53. The summed E-state index contributed by atoms with van der Waals surface area (Å²) in [7, 11) is 0. The molecule has 130 valence electrons. The number of nitrogens with zero attached hydrogens (tertiary/aromatic N) is 1. The molecule has 25 heavy (non-hydrogen) atoms. The fourth-order valence-electron chi connectivity index (χ4n) is 3.09. The van der Waals surface area contributed by atoms with Gasteiger partial charge in [0.1, 0.15) is 5.69 Å². The van der Waals surface area contributed by atoms with Crippen LogP contribution >= 0.6 is 23.2 Å². The minimum atomic E-state index is -0.158. The highest BCUT2D eigenvalue weighted by Gasteiger charge is 2.20. The molecule has 0 saturated carbocycles. The third-order valence-electron chi connectivity index (χ3n) is 4.35. The second kappa shape index (κ2) is 7.51. The molecule has 3 rings (SSSR count). The Balaban J connectivity index is 2.04. The molecular weight excluding hydrogens is 355 g/mol. The van der Waals surface area contributed by atoms with Gasteiger partial charge in [-0.25, -0.2) is 0 Å². The highest BCUT2D eigenvalue weighted by Crippen LogP contribution is 2.29. The Bertz CT molecular complexity index is 931. The van der Waals surface area contributed by atoms with E-state index in [1.165, 1.54) is 0 Å². The minimum Gasteiger partial charge on any atom is -0.336 e. The van der Waals surface area contributed by atoms with Crippen molar-refractivity contribution in [2.45, 2.75) is 33.2 Å². The first-order valence-corrected chi connectivity index (χ1v) is 9.12. The number of aromatic nitrogens is 1. The summed E-state index contributed by atoms with van der Waals surface area (Å²) in [6.45, 7) is 4.94. The molecule has 1 N–H and O–H groups in total. The first kappa shape index (κ1) is 17.8. The van der Waals surface area contributed by atoms with Crippen LogP contribution in [0.4, 0.5) is 5.69 Å². The van der Waals surface area contributed by atoms with E-state index >= 15 is 0 Å². The van der Waals surface area contributed by atoms with E-state index in [9.17, 15) is 4.79 Å². The van der Waals surface area contributed by atoms with E-state index in [0.717, 1.165) is 35.9 Å². The van der Waals surface area contributed by atoms with E-state index in [2.05, 4.69) is 28.9 Å². The molecule has 0 bridgehead atoms. The molecule has 0 radical (unpaired) electrons. The van der Waals surface area contributed by atoms with Crippen molar-refractivity contribution < 1.29 is 4.79 Å². The lowest BCUT2D eigenvalue weighted by atomic mass is 10.1. The molecule has 1 amide bonds. The van der Waals surface area contributed by atoms with Crippen molar-refractivity contribution in [2.24, 2.45) is 0 Å². The van der Waals surface area contributed by atoms with E-state index in [1.54, 1.807) is 18.2 Å². The minimum absolute atomic E-state index is 0.158. The molecule has 0 aliphatic rings. The Morgan fingerprint density at radius 2 is 1.92 bits per heavy atom. The zero-order valence-corrected chi connectivity index (χ0v) is 15.8. The SMILES string of the molecule is CCCCn1c(C(=O)Nc2ccc(Cl)cc2Cl)c(C)c2ccccc21. The molecule has 0 atom stereocenters. The van der Waals surface area contributed by atoms with Gasteiger partial charge >= 0.3 is 0 Å². The van der Waals surface area contributed by atoms with Crippen molar-refractivity contribution >= 4 is 45.7 Å². The number of nitrogens with one attached hydrogen (secondary N) is 1. The van der Waals surface area contributed by atoms with Crippen LogP contribution in [-0.4, -0.2) is 10.5 Å². The van der Waals surface area contributed by atoms with E-state index in [0.29, 0.717) is 21.4 Å². The molecule has 0 spiro atoms. The zero-order chi connectivity index (χ0) is 18.0. The molecule has 0 unspecified atom stereocenters. The van der Waals surface area contributed by atoms with Crippen molar-refractivity contribution in [3.8, 4) is 0 Å². The summed E-state index contributed by atoms with van der Waals surface area (Å²) < 4.78 is 2.10. The fourth-order valence-corrected chi connectivity index (χ4v) is 3.55. The number of halogens is 2. The van der Waals surface area contributed by atoms with Gasteiger partial charge in [-0.3, -0.25) is 4.79 Å². The Morgan fingerprint density at radius 3 is 2.64 bits per heavy atom. The summed E-state index contributed by atoms with van der Waals surface area (Å²) in [5.74, 6) is -0.158. The summed E-state index contributed by atoms with van der Waals surface area (Å²) in [5.41, 5.74) is 3.30. The van der Waals surface area contributed by atoms with Gasteiger partial charge in [0.25, 0.3) is 5.91 Å². The second-order valence-corrected chi connectivity index (χ2v) is 6.92. The fraction of sp³-hybridized carbons (Fsp3) is 0.250. The number of fused-ring (bicyclic) bond motifs is 1. The van der Waals surface area contributed by atoms with E-state index in [4.69, 9.17) is 23.2 Å². The molecular formula is C20H20Cl2N2O. The topological polar surface area (TPSA) is 34.0 Å². The van der Waals surface area contributed by atoms with Crippen molar-refractivity contribution in [3.05, 3.63) is 63.8 Å². The van der Waals surface area contributed by atoms with E-state index in [1.807, 2.05) is 19.1 Å². The molecule has 0 fully saturated rings. The van der Waals surface area contributed by atoms with Crippen LogP contribution in [0.3, 0.4) is 0 Å². The quantitative estimate of drug-likeness (QED) is 0.557. The van der Waals surface area contributed by atoms with Crippen LogP contribution in [0.15, 0.2) is 42.5 Å². The maximum atomic E-state index is 13.0. The normalized spacial score (nSPS) is 11.0. The molecule has 3 aromatic rings. The summed E-state index contributed by atoms with van der Waals surface area (Å²) in [6, 6.07) is 13.2. The van der Waals surface area contributed by atoms with Gasteiger partial charge in [0, 0.05) is 22.5 Å². The van der Waals surface area contributed by atoms with Gasteiger partial charge in [-0.15, -0.1) is 0 Å². The van der Waals surface area contributed by atoms with Gasteiger partial charge < -0.3 is 9.88 Å². The standard InChI is InChI=1S/C20H20Cl2N2O/c1-3-4-11-24-18-8-6-5-7-15(18)13(2)19(24)20(25)23-17-10-9-14(21)12-16(17)22/h5-10,12H,3-4,11H2,1-2H3,(H,23,25). The predicted molar refractivity (Wildman–Crippen MR) is 106 cm³/mol. The molecule has 2 aromatic carbocycles. The Morgan fingerprint density at radius 1 is 1.16 bits per heavy atom. The van der Waals surface area contributed by atoms with E-state index < -0.39 is 0 Å². The predicted octanol–water partition coefficient (Wildman–Crippen LogP) is 6.31. The summed E-state index contributed by atoms with van der Waals surface area (Å²) in [4.78, 5) is 13.0. The number of carbonyl (C=O) groups excluding carboxylic acids is 1. The van der Waals surface area contributed by atoms with Crippen LogP contribution in [0.1, 0.15) is 35.8 Å². The van der Waals surface area contributed by atoms with Crippen molar-refractivity contribution in [1.82, 2.24) is 4.57 Å². The number of hydrogen-bond donors (Lipinski definition) is 1. The summed E-state index contributed by atoms with van der Waals surface area (Å²) in [6.07, 6.45) is 2.08. The number of hydrogen-bond acceptors (Lipinski definition) is 1. The highest BCUT2D eigenvalue weighted by atomic mass is 35.5. The lowest BCUT2D eigenvalue weighted by Crippen LogP contribution is -2.18. The van der Waals surface area contributed by atoms with Crippen LogP contribution in [0.2, 0.25) is 10.0 Å². The molecule has 1 aromatic heterocycles. The van der Waals surface area contributed by atoms with Gasteiger partial charge in [-0.05, 0) is 43.2 Å². The molecule has 1 heterocycles. The summed E-state index contributed by atoms with van der Waals surface area (Å²) in [5, 5.41) is 4.99. The number of benzene rings is 2. The number of carbonyl (C=O) groups is 1. The van der Waals surface area contributed by atoms with Crippen molar-refractivity contribution in [1.29, 1.82) is 0 Å². The molecule has 5 heteroatoms. The number of amides is 1. The lowest BCUT2D eigenvalue weighted by Gasteiger charge is -2.12. The zero-order valence-electron chi connectivity index (χ0n) is 14.3. The average molecular weight is 375 g/mol. The maximum absolute atomic E-state index is 13.0. The molecule has 3 nitrogen and oxygen atoms in total. The Hall–Kier alpha value is -1.97. The van der Waals surface area contributed by atoms with E-state index in [-0.39, 0.29) is 5.91 Å². The van der Waals surface area contributed by atoms with Crippen LogP contribution in [-0.2, 0) is 6.54 Å².